The Labute approximate surface area is 64.3 Å². The van der Waals surface area contributed by atoms with Gasteiger partial charge in [-0.3, -0.25) is 4.79 Å². The zero-order chi connectivity index (χ0) is 8.85. The van der Waals surface area contributed by atoms with E-state index in [0.717, 1.165) is 0 Å². The molecule has 5 heteroatoms. The molecule has 0 bridgehead atoms. The van der Waals surface area contributed by atoms with E-state index in [4.69, 9.17) is 5.11 Å². The molecule has 5 nitrogen and oxygen atoms in total. The fourth-order valence-corrected chi connectivity index (χ4v) is 0.434. The summed E-state index contributed by atoms with van der Waals surface area (Å²) in [6.07, 6.45) is -0.276. The van der Waals surface area contributed by atoms with Crippen LogP contribution in [0.3, 0.4) is 0 Å². The van der Waals surface area contributed by atoms with Gasteiger partial charge >= 0.3 is 6.09 Å². The van der Waals surface area contributed by atoms with E-state index in [0.29, 0.717) is 0 Å². The molecule has 63 valence electrons. The Morgan fingerprint density at radius 3 is 2.55 bits per heavy atom. The molecule has 0 spiro atoms. The van der Waals surface area contributed by atoms with Gasteiger partial charge in [0.25, 0.3) is 0 Å². The lowest BCUT2D eigenvalue weighted by atomic mass is 10.2. The maximum Gasteiger partial charge on any atom is 0.407 e. The number of aliphatic hydroxyl groups excluding tert-OH is 1. The Hall–Kier alpha value is -1.10. The first-order valence-electron chi connectivity index (χ1n) is 3.02. The van der Waals surface area contributed by atoms with E-state index in [1.165, 1.54) is 20.3 Å². The van der Waals surface area contributed by atoms with E-state index in [1.807, 2.05) is 0 Å². The van der Waals surface area contributed by atoms with Crippen LogP contribution in [0.5, 0.6) is 0 Å². The highest BCUT2D eigenvalue weighted by atomic mass is 16.5. The molecule has 2 atom stereocenters. The molecule has 0 fully saturated rings. The van der Waals surface area contributed by atoms with Gasteiger partial charge in [0.05, 0.1) is 13.2 Å². The average Bonchev–Trinajstić information content (AvgIpc) is 1.99. The van der Waals surface area contributed by atoms with Gasteiger partial charge in [0.1, 0.15) is 6.04 Å². The van der Waals surface area contributed by atoms with E-state index >= 15 is 0 Å². The number of carbonyl (C=O) groups is 1. The first-order valence-corrected chi connectivity index (χ1v) is 3.02. The summed E-state index contributed by atoms with van der Waals surface area (Å²) in [7, 11) is 1.17. The van der Waals surface area contributed by atoms with Crippen LogP contribution in [0.15, 0.2) is 0 Å². The molecule has 1 amide bonds. The molecule has 2 N–H and O–H groups in total. The zero-order valence-electron chi connectivity index (χ0n) is 6.33. The number of rotatable bonds is 3. The summed E-state index contributed by atoms with van der Waals surface area (Å²) in [6, 6.07) is -1.03. The summed E-state index contributed by atoms with van der Waals surface area (Å²) in [4.78, 5) is 20.5. The van der Waals surface area contributed by atoms with Gasteiger partial charge in [-0.2, -0.15) is 0 Å². The molecule has 11 heavy (non-hydrogen) atoms. The molecule has 0 aromatic rings. The Balaban J connectivity index is 3.87. The Kier molecular flexibility index (Phi) is 4.21. The van der Waals surface area contributed by atoms with Crippen LogP contribution in [-0.4, -0.2) is 36.7 Å². The van der Waals surface area contributed by atoms with Crippen molar-refractivity contribution in [1.82, 2.24) is 5.32 Å². The molecular formula is C6H10NO4. The molecule has 0 heterocycles. The summed E-state index contributed by atoms with van der Waals surface area (Å²) in [5.74, 6) is 0. The first-order chi connectivity index (χ1) is 5.11. The number of ether oxygens (including phenoxy) is 1. The van der Waals surface area contributed by atoms with E-state index in [2.05, 4.69) is 10.1 Å². The predicted octanol–water partition coefficient (Wildman–Crippen LogP) is -0.799. The van der Waals surface area contributed by atoms with Crippen LogP contribution >= 0.6 is 0 Å². The van der Waals surface area contributed by atoms with Crippen LogP contribution in [0.1, 0.15) is 6.92 Å². The van der Waals surface area contributed by atoms with Gasteiger partial charge in [-0.25, -0.2) is 4.79 Å². The molecule has 1 radical (unpaired) electrons. The first kappa shape index (κ1) is 9.90. The van der Waals surface area contributed by atoms with E-state index in [-0.39, 0.29) is 0 Å². The molecule has 0 aliphatic carbocycles. The monoisotopic (exact) mass is 160 g/mol. The standard InChI is InChI=1S/C6H10NO4/c1-4(9)5(3-8)7-6(10)11-2/h4-5,9H,1-2H3,(H,7,10)/t4-,5-/m0/s1. The van der Waals surface area contributed by atoms with E-state index in [1.54, 1.807) is 0 Å². The highest BCUT2D eigenvalue weighted by molar-refractivity contribution is 5.73. The lowest BCUT2D eigenvalue weighted by Crippen LogP contribution is -2.43. The van der Waals surface area contributed by atoms with Crippen LogP contribution in [0.25, 0.3) is 0 Å². The van der Waals surface area contributed by atoms with Gasteiger partial charge in [0.15, 0.2) is 0 Å². The van der Waals surface area contributed by atoms with Gasteiger partial charge in [-0.15, -0.1) is 0 Å². The summed E-state index contributed by atoms with van der Waals surface area (Å²) in [5, 5.41) is 10.9. The SMILES string of the molecule is COC(=O)N[C@@H]([C]=O)[C@H](C)O. The maximum absolute atomic E-state index is 10.5. The minimum atomic E-state index is -1.03. The smallest absolute Gasteiger partial charge is 0.407 e. The summed E-state index contributed by atoms with van der Waals surface area (Å²) in [6.45, 7) is 1.37. The minimum Gasteiger partial charge on any atom is -0.453 e. The van der Waals surface area contributed by atoms with Crippen molar-refractivity contribution in [3.8, 4) is 0 Å². The van der Waals surface area contributed by atoms with Crippen molar-refractivity contribution in [3.63, 3.8) is 0 Å². The van der Waals surface area contributed by atoms with Gasteiger partial charge in [0, 0.05) is 0 Å². The molecule has 0 rings (SSSR count). The normalized spacial score (nSPS) is 14.8. The molecule has 0 aliphatic heterocycles. The van der Waals surface area contributed by atoms with Crippen molar-refractivity contribution < 1.29 is 19.4 Å². The number of carbonyl (C=O) groups excluding carboxylic acids is 2. The topological polar surface area (TPSA) is 75.6 Å². The van der Waals surface area contributed by atoms with Crippen LogP contribution < -0.4 is 5.32 Å². The lowest BCUT2D eigenvalue weighted by molar-refractivity contribution is 0.141. The van der Waals surface area contributed by atoms with E-state index in [9.17, 15) is 9.59 Å². The van der Waals surface area contributed by atoms with Gasteiger partial charge in [-0.1, -0.05) is 0 Å². The average molecular weight is 160 g/mol. The number of methoxy groups -OCH3 is 1. The summed E-state index contributed by atoms with van der Waals surface area (Å²) >= 11 is 0. The number of alkyl carbamates (subject to hydrolysis) is 1. The second-order valence-corrected chi connectivity index (χ2v) is 1.97. The fourth-order valence-electron chi connectivity index (χ4n) is 0.434. The van der Waals surface area contributed by atoms with Gasteiger partial charge < -0.3 is 15.2 Å². The van der Waals surface area contributed by atoms with E-state index < -0.39 is 18.2 Å². The third-order valence-corrected chi connectivity index (χ3v) is 1.07. The Bertz CT molecular complexity index is 146. The fraction of sp³-hybridized carbons (Fsp3) is 0.667. The third kappa shape index (κ3) is 3.57. The number of hydrogen-bond donors (Lipinski definition) is 2. The number of amides is 1. The molecule has 0 saturated carbocycles. The Morgan fingerprint density at radius 2 is 2.27 bits per heavy atom. The molecule has 0 unspecified atom stereocenters. The van der Waals surface area contributed by atoms with Gasteiger partial charge in [0.2, 0.25) is 6.29 Å². The van der Waals surface area contributed by atoms with Crippen molar-refractivity contribution in [2.45, 2.75) is 19.1 Å². The van der Waals surface area contributed by atoms with Crippen LogP contribution in [-0.2, 0) is 9.53 Å². The molecule has 0 saturated heterocycles. The highest BCUT2D eigenvalue weighted by Crippen LogP contribution is 1.88. The number of nitrogens with one attached hydrogen (secondary N) is 1. The van der Waals surface area contributed by atoms with Crippen molar-refractivity contribution in [2.24, 2.45) is 0 Å². The third-order valence-electron chi connectivity index (χ3n) is 1.07. The summed E-state index contributed by atoms with van der Waals surface area (Å²) < 4.78 is 4.19. The largest absolute Gasteiger partial charge is 0.453 e. The quantitative estimate of drug-likeness (QED) is 0.566. The second-order valence-electron chi connectivity index (χ2n) is 1.97. The van der Waals surface area contributed by atoms with Gasteiger partial charge in [-0.05, 0) is 6.92 Å². The van der Waals surface area contributed by atoms with Crippen molar-refractivity contribution in [3.05, 3.63) is 0 Å². The minimum absolute atomic E-state index is 0.765. The van der Waals surface area contributed by atoms with Crippen LogP contribution in [0, 0.1) is 0 Å². The molecular weight excluding hydrogens is 150 g/mol. The maximum atomic E-state index is 10.5. The predicted molar refractivity (Wildman–Crippen MR) is 36.7 cm³/mol. The van der Waals surface area contributed by atoms with Crippen molar-refractivity contribution in [1.29, 1.82) is 0 Å². The zero-order valence-corrected chi connectivity index (χ0v) is 6.33. The number of aliphatic hydroxyl groups is 1. The van der Waals surface area contributed by atoms with Crippen molar-refractivity contribution >= 4 is 12.4 Å². The number of hydrogen-bond acceptors (Lipinski definition) is 4. The second kappa shape index (κ2) is 4.68. The van der Waals surface area contributed by atoms with Crippen LogP contribution in [0.2, 0.25) is 0 Å². The highest BCUT2D eigenvalue weighted by Gasteiger charge is 2.17. The Morgan fingerprint density at radius 1 is 1.73 bits per heavy atom. The van der Waals surface area contributed by atoms with Crippen molar-refractivity contribution in [2.75, 3.05) is 7.11 Å². The lowest BCUT2D eigenvalue weighted by Gasteiger charge is -2.12. The molecule has 0 aliphatic rings. The molecule has 0 aromatic heterocycles. The van der Waals surface area contributed by atoms with Crippen LogP contribution in [0.4, 0.5) is 4.79 Å². The molecule has 0 aromatic carbocycles. The summed E-state index contributed by atoms with van der Waals surface area (Å²) in [5.41, 5.74) is 0.